The van der Waals surface area contributed by atoms with E-state index in [1.165, 1.54) is 6.07 Å². The zero-order valence-electron chi connectivity index (χ0n) is 14.7. The summed E-state index contributed by atoms with van der Waals surface area (Å²) >= 11 is 0. The van der Waals surface area contributed by atoms with E-state index in [4.69, 9.17) is 4.74 Å². The van der Waals surface area contributed by atoms with Gasteiger partial charge in [0.1, 0.15) is 6.61 Å². The second-order valence-electron chi connectivity index (χ2n) is 7.08. The molecule has 26 heavy (non-hydrogen) atoms. The molecule has 0 fully saturated rings. The summed E-state index contributed by atoms with van der Waals surface area (Å²) in [5, 5.41) is 9.50. The van der Waals surface area contributed by atoms with Gasteiger partial charge < -0.3 is 9.84 Å². The molecule has 0 aliphatic heterocycles. The van der Waals surface area contributed by atoms with Gasteiger partial charge in [0, 0.05) is 12.0 Å². The highest BCUT2D eigenvalue weighted by Crippen LogP contribution is 2.39. The molecule has 134 valence electrons. The van der Waals surface area contributed by atoms with Crippen molar-refractivity contribution in [2.24, 2.45) is 0 Å². The van der Waals surface area contributed by atoms with Gasteiger partial charge in [-0.25, -0.2) is 9.59 Å². The Morgan fingerprint density at radius 3 is 2.46 bits per heavy atom. The van der Waals surface area contributed by atoms with Gasteiger partial charge in [-0.1, -0.05) is 50.2 Å². The molecule has 0 unspecified atom stereocenters. The average molecular weight is 352 g/mol. The minimum absolute atomic E-state index is 0.0139. The number of fused-ring (bicyclic) bond motifs is 1. The Kier molecular flexibility index (Phi) is 4.64. The molecular formula is C21H20O5. The van der Waals surface area contributed by atoms with Crippen LogP contribution in [0.4, 0.5) is 0 Å². The van der Waals surface area contributed by atoms with Gasteiger partial charge in [0.15, 0.2) is 5.78 Å². The summed E-state index contributed by atoms with van der Waals surface area (Å²) in [5.74, 6) is -2.25. The van der Waals surface area contributed by atoms with Crippen LogP contribution < -0.4 is 0 Å². The second kappa shape index (κ2) is 6.75. The Morgan fingerprint density at radius 2 is 1.81 bits per heavy atom. The minimum Gasteiger partial charge on any atom is -0.478 e. The van der Waals surface area contributed by atoms with E-state index in [1.807, 2.05) is 32.0 Å². The number of carbonyl (C=O) groups excluding carboxylic acids is 2. The van der Waals surface area contributed by atoms with Crippen LogP contribution in [0, 0.1) is 0 Å². The number of Topliss-reactive ketones (excluding diaryl/α,β-unsaturated/α-hetero) is 1. The third-order valence-corrected chi connectivity index (χ3v) is 4.84. The van der Waals surface area contributed by atoms with Crippen LogP contribution in [-0.4, -0.2) is 22.8 Å². The molecule has 2 aromatic carbocycles. The van der Waals surface area contributed by atoms with Gasteiger partial charge in [-0.15, -0.1) is 0 Å². The van der Waals surface area contributed by atoms with Crippen molar-refractivity contribution in [3.63, 3.8) is 0 Å². The lowest BCUT2D eigenvalue weighted by Gasteiger charge is -2.33. The number of ether oxygens (including phenoxy) is 1. The molecular weight excluding hydrogens is 332 g/mol. The highest BCUT2D eigenvalue weighted by atomic mass is 16.5. The highest BCUT2D eigenvalue weighted by Gasteiger charge is 2.37. The number of carboxylic acids is 1. The fraction of sp³-hybridized carbons (Fsp3) is 0.286. The van der Waals surface area contributed by atoms with Crippen LogP contribution in [0.5, 0.6) is 0 Å². The SMILES string of the molecule is CC1(C)CCC(=O)c2c1ccc(C(=O)O)c2C(=O)OCc1ccccc1. The van der Waals surface area contributed by atoms with Crippen molar-refractivity contribution in [3.8, 4) is 0 Å². The van der Waals surface area contributed by atoms with Gasteiger partial charge in [0.25, 0.3) is 0 Å². The molecule has 0 saturated carbocycles. The molecule has 3 rings (SSSR count). The lowest BCUT2D eigenvalue weighted by Crippen LogP contribution is -2.30. The van der Waals surface area contributed by atoms with Crippen LogP contribution in [0.25, 0.3) is 0 Å². The molecule has 0 atom stereocenters. The first kappa shape index (κ1) is 17.9. The molecule has 0 bridgehead atoms. The van der Waals surface area contributed by atoms with E-state index in [2.05, 4.69) is 0 Å². The van der Waals surface area contributed by atoms with Gasteiger partial charge in [0.2, 0.25) is 0 Å². The van der Waals surface area contributed by atoms with E-state index in [9.17, 15) is 19.5 Å². The van der Waals surface area contributed by atoms with E-state index in [0.29, 0.717) is 12.0 Å². The maximum Gasteiger partial charge on any atom is 0.340 e. The topological polar surface area (TPSA) is 80.7 Å². The second-order valence-corrected chi connectivity index (χ2v) is 7.08. The third kappa shape index (κ3) is 3.25. The predicted octanol–water partition coefficient (Wildman–Crippen LogP) is 4.00. The summed E-state index contributed by atoms with van der Waals surface area (Å²) in [7, 11) is 0. The number of hydrogen-bond donors (Lipinski definition) is 1. The molecule has 1 N–H and O–H groups in total. The maximum absolute atomic E-state index is 12.7. The van der Waals surface area contributed by atoms with E-state index >= 15 is 0 Å². The Labute approximate surface area is 151 Å². The van der Waals surface area contributed by atoms with Gasteiger partial charge in [-0.2, -0.15) is 0 Å². The molecule has 1 aliphatic rings. The zero-order chi connectivity index (χ0) is 18.9. The number of carbonyl (C=O) groups is 3. The monoisotopic (exact) mass is 352 g/mol. The van der Waals surface area contributed by atoms with E-state index in [-0.39, 0.29) is 40.9 Å². The molecule has 0 amide bonds. The first-order valence-corrected chi connectivity index (χ1v) is 8.46. The fourth-order valence-corrected chi connectivity index (χ4v) is 3.33. The lowest BCUT2D eigenvalue weighted by molar-refractivity contribution is 0.0459. The Bertz CT molecular complexity index is 881. The van der Waals surface area contributed by atoms with E-state index in [0.717, 1.165) is 5.56 Å². The summed E-state index contributed by atoms with van der Waals surface area (Å²) in [5.41, 5.74) is 1.03. The van der Waals surface area contributed by atoms with Crippen molar-refractivity contribution in [2.45, 2.75) is 38.7 Å². The molecule has 5 nitrogen and oxygen atoms in total. The molecule has 5 heteroatoms. The summed E-state index contributed by atoms with van der Waals surface area (Å²) in [4.78, 5) is 36.9. The summed E-state index contributed by atoms with van der Waals surface area (Å²) in [6.45, 7) is 3.98. The smallest absolute Gasteiger partial charge is 0.340 e. The minimum atomic E-state index is -1.25. The highest BCUT2D eigenvalue weighted by molar-refractivity contribution is 6.13. The lowest BCUT2D eigenvalue weighted by atomic mass is 9.70. The summed E-state index contributed by atoms with van der Waals surface area (Å²) in [6, 6.07) is 12.1. The first-order chi connectivity index (χ1) is 12.3. The van der Waals surface area contributed by atoms with Crippen LogP contribution in [0.2, 0.25) is 0 Å². The standard InChI is InChI=1S/C21H20O5/c1-21(2)11-10-16(22)18-15(21)9-8-14(19(23)24)17(18)20(25)26-12-13-6-4-3-5-7-13/h3-9H,10-12H2,1-2H3,(H,23,24). The summed E-state index contributed by atoms with van der Waals surface area (Å²) < 4.78 is 5.33. The predicted molar refractivity (Wildman–Crippen MR) is 95.6 cm³/mol. The first-order valence-electron chi connectivity index (χ1n) is 8.46. The Morgan fingerprint density at radius 1 is 1.12 bits per heavy atom. The van der Waals surface area contributed by atoms with Crippen molar-refractivity contribution < 1.29 is 24.2 Å². The number of carboxylic acid groups (broad SMARTS) is 1. The molecule has 0 spiro atoms. The number of esters is 1. The average Bonchev–Trinajstić information content (AvgIpc) is 2.63. The normalized spacial score (nSPS) is 15.2. The van der Waals surface area contributed by atoms with Gasteiger partial charge in [-0.3, -0.25) is 4.79 Å². The zero-order valence-corrected chi connectivity index (χ0v) is 14.7. The van der Waals surface area contributed by atoms with Crippen LogP contribution in [0.1, 0.15) is 68.9 Å². The van der Waals surface area contributed by atoms with Gasteiger partial charge in [-0.05, 0) is 29.0 Å². The fourth-order valence-electron chi connectivity index (χ4n) is 3.33. The number of rotatable bonds is 4. The number of hydrogen-bond acceptors (Lipinski definition) is 4. The van der Waals surface area contributed by atoms with Crippen LogP contribution in [0.15, 0.2) is 42.5 Å². The van der Waals surface area contributed by atoms with Crippen molar-refractivity contribution in [1.82, 2.24) is 0 Å². The third-order valence-electron chi connectivity index (χ3n) is 4.84. The Balaban J connectivity index is 2.05. The molecule has 0 aromatic heterocycles. The Hall–Kier alpha value is -2.95. The van der Waals surface area contributed by atoms with Crippen LogP contribution in [0.3, 0.4) is 0 Å². The van der Waals surface area contributed by atoms with Crippen LogP contribution >= 0.6 is 0 Å². The molecule has 0 heterocycles. The van der Waals surface area contributed by atoms with Gasteiger partial charge >= 0.3 is 11.9 Å². The van der Waals surface area contributed by atoms with Gasteiger partial charge in [0.05, 0.1) is 11.1 Å². The molecule has 2 aromatic rings. The maximum atomic E-state index is 12.7. The molecule has 0 radical (unpaired) electrons. The largest absolute Gasteiger partial charge is 0.478 e. The molecule has 0 saturated heterocycles. The van der Waals surface area contributed by atoms with Crippen molar-refractivity contribution in [3.05, 3.63) is 70.3 Å². The van der Waals surface area contributed by atoms with E-state index < -0.39 is 11.9 Å². The van der Waals surface area contributed by atoms with Crippen molar-refractivity contribution in [1.29, 1.82) is 0 Å². The number of ketones is 1. The van der Waals surface area contributed by atoms with Crippen molar-refractivity contribution in [2.75, 3.05) is 0 Å². The number of benzene rings is 2. The molecule has 1 aliphatic carbocycles. The summed E-state index contributed by atoms with van der Waals surface area (Å²) in [6.07, 6.45) is 0.936. The van der Waals surface area contributed by atoms with Crippen molar-refractivity contribution >= 4 is 17.7 Å². The van der Waals surface area contributed by atoms with Crippen LogP contribution in [-0.2, 0) is 16.8 Å². The quantitative estimate of drug-likeness (QED) is 0.841. The van der Waals surface area contributed by atoms with E-state index in [1.54, 1.807) is 18.2 Å². The number of aromatic carboxylic acids is 1.